The lowest BCUT2D eigenvalue weighted by Crippen LogP contribution is -1.73. The Bertz CT molecular complexity index is 468. The second-order valence-electron chi connectivity index (χ2n) is 3.07. The Morgan fingerprint density at radius 1 is 1.46 bits per heavy atom. The van der Waals surface area contributed by atoms with Crippen LogP contribution >= 0.6 is 27.3 Å². The summed E-state index contributed by atoms with van der Waals surface area (Å²) in [6.07, 6.45) is 0. The van der Waals surface area contributed by atoms with Crippen molar-refractivity contribution in [3.8, 4) is 0 Å². The van der Waals surface area contributed by atoms with E-state index in [1.807, 2.05) is 6.92 Å². The zero-order valence-corrected chi connectivity index (χ0v) is 9.71. The third-order valence-corrected chi connectivity index (χ3v) is 3.44. The summed E-state index contributed by atoms with van der Waals surface area (Å²) in [4.78, 5) is 0. The standard InChI is InChI=1S/C11H9BrS/c1-7(2)10-6-13-11-5-8(12)3-4-9(10)11/h3-6H,1H2,2H3. The molecule has 0 nitrogen and oxygen atoms in total. The Kier molecular flexibility index (Phi) is 2.26. The zero-order chi connectivity index (χ0) is 9.42. The fourth-order valence-corrected chi connectivity index (χ4v) is 2.92. The highest BCUT2D eigenvalue weighted by molar-refractivity contribution is 9.10. The monoisotopic (exact) mass is 252 g/mol. The molecule has 1 aromatic heterocycles. The van der Waals surface area contributed by atoms with Crippen molar-refractivity contribution in [2.45, 2.75) is 6.92 Å². The maximum Gasteiger partial charge on any atom is 0.0360 e. The highest BCUT2D eigenvalue weighted by atomic mass is 79.9. The molecule has 1 heterocycles. The van der Waals surface area contributed by atoms with Crippen molar-refractivity contribution < 1.29 is 0 Å². The van der Waals surface area contributed by atoms with E-state index >= 15 is 0 Å². The number of halogens is 1. The van der Waals surface area contributed by atoms with Crippen LogP contribution in [0.15, 0.2) is 34.6 Å². The Morgan fingerprint density at radius 2 is 2.23 bits per heavy atom. The summed E-state index contributed by atoms with van der Waals surface area (Å²) < 4.78 is 2.45. The van der Waals surface area contributed by atoms with Gasteiger partial charge in [-0.05, 0) is 41.0 Å². The van der Waals surface area contributed by atoms with E-state index in [1.54, 1.807) is 11.3 Å². The molecule has 0 aliphatic carbocycles. The fraction of sp³-hybridized carbons (Fsp3) is 0.0909. The Labute approximate surface area is 90.0 Å². The fourth-order valence-electron chi connectivity index (χ4n) is 1.33. The van der Waals surface area contributed by atoms with E-state index in [-0.39, 0.29) is 0 Å². The molecule has 0 saturated heterocycles. The van der Waals surface area contributed by atoms with Crippen molar-refractivity contribution in [2.75, 3.05) is 0 Å². The van der Waals surface area contributed by atoms with E-state index in [1.165, 1.54) is 15.6 Å². The Balaban J connectivity index is 2.76. The van der Waals surface area contributed by atoms with Crippen LogP contribution in [0.4, 0.5) is 0 Å². The number of fused-ring (bicyclic) bond motifs is 1. The Morgan fingerprint density at radius 3 is 2.92 bits per heavy atom. The van der Waals surface area contributed by atoms with Gasteiger partial charge in [-0.15, -0.1) is 11.3 Å². The van der Waals surface area contributed by atoms with Gasteiger partial charge in [-0.25, -0.2) is 0 Å². The van der Waals surface area contributed by atoms with Gasteiger partial charge in [0.25, 0.3) is 0 Å². The van der Waals surface area contributed by atoms with E-state index in [0.717, 1.165) is 10.0 Å². The molecule has 0 radical (unpaired) electrons. The van der Waals surface area contributed by atoms with E-state index < -0.39 is 0 Å². The quantitative estimate of drug-likeness (QED) is 0.691. The molecule has 2 heteroatoms. The number of hydrogen-bond acceptors (Lipinski definition) is 1. The third-order valence-electron chi connectivity index (χ3n) is 2.00. The average molecular weight is 253 g/mol. The molecule has 0 unspecified atom stereocenters. The van der Waals surface area contributed by atoms with E-state index in [4.69, 9.17) is 0 Å². The van der Waals surface area contributed by atoms with Crippen LogP contribution in [-0.4, -0.2) is 0 Å². The van der Waals surface area contributed by atoms with Gasteiger partial charge in [0.1, 0.15) is 0 Å². The maximum absolute atomic E-state index is 3.97. The summed E-state index contributed by atoms with van der Waals surface area (Å²) in [6, 6.07) is 6.36. The van der Waals surface area contributed by atoms with Gasteiger partial charge in [0, 0.05) is 9.17 Å². The molecule has 0 bridgehead atoms. The van der Waals surface area contributed by atoms with Crippen LogP contribution in [0, 0.1) is 0 Å². The van der Waals surface area contributed by atoms with Gasteiger partial charge in [-0.1, -0.05) is 28.6 Å². The first kappa shape index (κ1) is 8.97. The van der Waals surface area contributed by atoms with Crippen molar-refractivity contribution in [1.29, 1.82) is 0 Å². The number of allylic oxidation sites excluding steroid dienone is 1. The predicted octanol–water partition coefficient (Wildman–Crippen LogP) is 4.70. The largest absolute Gasteiger partial charge is 0.143 e. The second-order valence-corrected chi connectivity index (χ2v) is 4.90. The highest BCUT2D eigenvalue weighted by Gasteiger charge is 2.03. The molecule has 0 atom stereocenters. The summed E-state index contributed by atoms with van der Waals surface area (Å²) in [5.74, 6) is 0. The molecule has 2 rings (SSSR count). The molecule has 13 heavy (non-hydrogen) atoms. The molecule has 0 spiro atoms. The molecule has 0 fully saturated rings. The van der Waals surface area contributed by atoms with Gasteiger partial charge in [-0.2, -0.15) is 0 Å². The maximum atomic E-state index is 3.97. The minimum Gasteiger partial charge on any atom is -0.143 e. The SMILES string of the molecule is C=C(C)c1csc2cc(Br)ccc12. The van der Waals surface area contributed by atoms with Crippen LogP contribution in [-0.2, 0) is 0 Å². The zero-order valence-electron chi connectivity index (χ0n) is 7.30. The van der Waals surface area contributed by atoms with Gasteiger partial charge >= 0.3 is 0 Å². The number of thiophene rings is 1. The number of rotatable bonds is 1. The van der Waals surface area contributed by atoms with Crippen LogP contribution < -0.4 is 0 Å². The molecule has 1 aromatic carbocycles. The normalized spacial score (nSPS) is 10.6. The van der Waals surface area contributed by atoms with Gasteiger partial charge < -0.3 is 0 Å². The van der Waals surface area contributed by atoms with Crippen LogP contribution in [0.5, 0.6) is 0 Å². The second kappa shape index (κ2) is 3.28. The first-order chi connectivity index (χ1) is 6.18. The van der Waals surface area contributed by atoms with Gasteiger partial charge in [0.2, 0.25) is 0 Å². The van der Waals surface area contributed by atoms with Crippen LogP contribution in [0.3, 0.4) is 0 Å². The smallest absolute Gasteiger partial charge is 0.0360 e. The van der Waals surface area contributed by atoms with E-state index in [0.29, 0.717) is 0 Å². The minimum absolute atomic E-state index is 1.13. The molecular weight excluding hydrogens is 244 g/mol. The number of benzene rings is 1. The van der Waals surface area contributed by atoms with Crippen molar-refractivity contribution in [3.05, 3.63) is 40.2 Å². The first-order valence-electron chi connectivity index (χ1n) is 4.01. The summed E-state index contributed by atoms with van der Waals surface area (Å²) >= 11 is 5.23. The summed E-state index contributed by atoms with van der Waals surface area (Å²) in [6.45, 7) is 6.01. The van der Waals surface area contributed by atoms with Crippen LogP contribution in [0.1, 0.15) is 12.5 Å². The lowest BCUT2D eigenvalue weighted by atomic mass is 10.1. The van der Waals surface area contributed by atoms with Crippen LogP contribution in [0.2, 0.25) is 0 Å². The topological polar surface area (TPSA) is 0 Å². The van der Waals surface area contributed by atoms with E-state index in [9.17, 15) is 0 Å². The van der Waals surface area contributed by atoms with Gasteiger partial charge in [-0.3, -0.25) is 0 Å². The lowest BCUT2D eigenvalue weighted by Gasteiger charge is -1.96. The Hall–Kier alpha value is -0.600. The third kappa shape index (κ3) is 1.56. The van der Waals surface area contributed by atoms with Crippen molar-refractivity contribution in [2.24, 2.45) is 0 Å². The highest BCUT2D eigenvalue weighted by Crippen LogP contribution is 2.31. The molecular formula is C11H9BrS. The molecule has 66 valence electrons. The van der Waals surface area contributed by atoms with Crippen molar-refractivity contribution in [1.82, 2.24) is 0 Å². The molecule has 0 aliphatic heterocycles. The van der Waals surface area contributed by atoms with Crippen molar-refractivity contribution in [3.63, 3.8) is 0 Å². The van der Waals surface area contributed by atoms with Gasteiger partial charge in [0.05, 0.1) is 0 Å². The summed E-state index contributed by atoms with van der Waals surface area (Å²) in [5.41, 5.74) is 2.40. The first-order valence-corrected chi connectivity index (χ1v) is 5.68. The summed E-state index contributed by atoms with van der Waals surface area (Å²) in [5, 5.41) is 3.47. The number of hydrogen-bond donors (Lipinski definition) is 0. The van der Waals surface area contributed by atoms with Crippen LogP contribution in [0.25, 0.3) is 15.7 Å². The predicted molar refractivity (Wildman–Crippen MR) is 64.2 cm³/mol. The molecule has 0 N–H and O–H groups in total. The van der Waals surface area contributed by atoms with Crippen molar-refractivity contribution >= 4 is 42.9 Å². The molecule has 0 saturated carbocycles. The lowest BCUT2D eigenvalue weighted by molar-refractivity contribution is 1.70. The molecule has 0 amide bonds. The molecule has 0 aliphatic rings. The average Bonchev–Trinajstić information content (AvgIpc) is 2.46. The molecule has 2 aromatic rings. The minimum atomic E-state index is 1.13. The summed E-state index contributed by atoms with van der Waals surface area (Å²) in [7, 11) is 0. The van der Waals surface area contributed by atoms with Gasteiger partial charge in [0.15, 0.2) is 0 Å². The van der Waals surface area contributed by atoms with E-state index in [2.05, 4.69) is 46.1 Å².